The fourth-order valence-electron chi connectivity index (χ4n) is 3.44. The third kappa shape index (κ3) is 3.04. The molecule has 138 valence electrons. The normalized spacial score (nSPS) is 16.1. The van der Waals surface area contributed by atoms with Crippen LogP contribution < -0.4 is 10.6 Å². The van der Waals surface area contributed by atoms with E-state index in [-0.39, 0.29) is 11.9 Å². The Morgan fingerprint density at radius 1 is 1.19 bits per heavy atom. The topological polar surface area (TPSA) is 71.8 Å². The third-order valence-electron chi connectivity index (χ3n) is 4.82. The summed E-state index contributed by atoms with van der Waals surface area (Å²) in [7, 11) is 0. The second-order valence-corrected chi connectivity index (χ2v) is 7.78. The summed E-state index contributed by atoms with van der Waals surface area (Å²) in [5.41, 5.74) is 5.60. The minimum absolute atomic E-state index is 0.133. The van der Waals surface area contributed by atoms with E-state index < -0.39 is 0 Å². The van der Waals surface area contributed by atoms with Gasteiger partial charge in [0.2, 0.25) is 5.95 Å². The van der Waals surface area contributed by atoms with Crippen molar-refractivity contribution in [3.8, 4) is 0 Å². The summed E-state index contributed by atoms with van der Waals surface area (Å²) in [5, 5.41) is 12.7. The molecule has 1 atom stereocenters. The van der Waals surface area contributed by atoms with Gasteiger partial charge in [-0.25, -0.2) is 4.68 Å². The Labute approximate surface area is 161 Å². The highest BCUT2D eigenvalue weighted by atomic mass is 32.1. The number of hydrogen-bond acceptors (Lipinski definition) is 5. The Hall–Kier alpha value is -2.93. The van der Waals surface area contributed by atoms with Crippen LogP contribution in [-0.4, -0.2) is 20.7 Å². The largest absolute Gasteiger partial charge is 0.328 e. The van der Waals surface area contributed by atoms with Gasteiger partial charge in [-0.05, 0) is 56.3 Å². The number of carbonyl (C=O) groups is 1. The number of allylic oxidation sites excluding steroid dienone is 1. The van der Waals surface area contributed by atoms with Gasteiger partial charge in [-0.1, -0.05) is 17.7 Å². The lowest BCUT2D eigenvalue weighted by atomic mass is 9.98. The molecular formula is C20H21N5OS. The zero-order valence-corrected chi connectivity index (χ0v) is 16.5. The number of nitrogens with zero attached hydrogens (tertiary/aromatic N) is 3. The Morgan fingerprint density at radius 2 is 2.00 bits per heavy atom. The molecule has 3 heterocycles. The summed E-state index contributed by atoms with van der Waals surface area (Å²) in [6, 6.07) is 7.77. The van der Waals surface area contributed by atoms with E-state index in [9.17, 15) is 4.79 Å². The maximum absolute atomic E-state index is 13.3. The Bertz CT molecular complexity index is 1060. The van der Waals surface area contributed by atoms with E-state index in [1.54, 1.807) is 16.0 Å². The van der Waals surface area contributed by atoms with Gasteiger partial charge in [-0.3, -0.25) is 4.79 Å². The van der Waals surface area contributed by atoms with E-state index in [0.29, 0.717) is 11.5 Å². The van der Waals surface area contributed by atoms with E-state index in [4.69, 9.17) is 0 Å². The average molecular weight is 379 g/mol. The summed E-state index contributed by atoms with van der Waals surface area (Å²) in [6.45, 7) is 8.00. The number of anilines is 2. The molecule has 0 aliphatic carbocycles. The summed E-state index contributed by atoms with van der Waals surface area (Å²) in [5.74, 6) is 0.513. The molecule has 0 saturated carbocycles. The molecule has 27 heavy (non-hydrogen) atoms. The maximum atomic E-state index is 13.3. The van der Waals surface area contributed by atoms with Crippen molar-refractivity contribution in [2.45, 2.75) is 33.7 Å². The number of nitrogens with one attached hydrogen (secondary N) is 2. The molecule has 6 nitrogen and oxygen atoms in total. The number of benzene rings is 1. The predicted molar refractivity (Wildman–Crippen MR) is 108 cm³/mol. The molecule has 1 aliphatic rings. The van der Waals surface area contributed by atoms with Crippen molar-refractivity contribution < 1.29 is 4.79 Å². The molecule has 4 rings (SSSR count). The van der Waals surface area contributed by atoms with Crippen LogP contribution in [0.2, 0.25) is 0 Å². The minimum Gasteiger partial charge on any atom is -0.328 e. The first-order chi connectivity index (χ1) is 13.0. The number of aromatic nitrogens is 3. The molecular weight excluding hydrogens is 358 g/mol. The highest BCUT2D eigenvalue weighted by molar-refractivity contribution is 7.10. The van der Waals surface area contributed by atoms with Gasteiger partial charge < -0.3 is 10.6 Å². The van der Waals surface area contributed by atoms with Crippen LogP contribution in [0.5, 0.6) is 0 Å². The minimum atomic E-state index is -0.297. The molecule has 2 aromatic heterocycles. The zero-order valence-electron chi connectivity index (χ0n) is 15.7. The summed E-state index contributed by atoms with van der Waals surface area (Å²) in [6.07, 6.45) is 1.51. The van der Waals surface area contributed by atoms with Crippen molar-refractivity contribution in [3.63, 3.8) is 0 Å². The van der Waals surface area contributed by atoms with Crippen LogP contribution in [-0.2, 0) is 4.79 Å². The van der Waals surface area contributed by atoms with Crippen LogP contribution in [0.1, 0.15) is 34.5 Å². The highest BCUT2D eigenvalue weighted by Gasteiger charge is 2.35. The number of amides is 1. The number of aryl methyl sites for hydroxylation is 3. The molecule has 2 N–H and O–H groups in total. The monoisotopic (exact) mass is 379 g/mol. The lowest BCUT2D eigenvalue weighted by molar-refractivity contribution is -0.113. The fourth-order valence-corrected chi connectivity index (χ4v) is 4.45. The van der Waals surface area contributed by atoms with Crippen LogP contribution in [0.15, 0.2) is 47.2 Å². The molecule has 0 saturated heterocycles. The van der Waals surface area contributed by atoms with E-state index in [1.165, 1.54) is 11.9 Å². The van der Waals surface area contributed by atoms with Gasteiger partial charge >= 0.3 is 0 Å². The smallest absolute Gasteiger partial charge is 0.255 e. The van der Waals surface area contributed by atoms with E-state index in [2.05, 4.69) is 39.8 Å². The van der Waals surface area contributed by atoms with Crippen LogP contribution in [0.25, 0.3) is 0 Å². The van der Waals surface area contributed by atoms with Gasteiger partial charge in [0.15, 0.2) is 0 Å². The van der Waals surface area contributed by atoms with E-state index in [1.807, 2.05) is 38.3 Å². The quantitative estimate of drug-likeness (QED) is 0.716. The molecule has 0 bridgehead atoms. The molecule has 1 amide bonds. The number of fused-ring (bicyclic) bond motifs is 1. The first-order valence-corrected chi connectivity index (χ1v) is 9.63. The molecule has 0 radical (unpaired) electrons. The average Bonchev–Trinajstić information content (AvgIpc) is 3.24. The molecule has 3 aromatic rings. The molecule has 1 aliphatic heterocycles. The van der Waals surface area contributed by atoms with Crippen molar-refractivity contribution >= 4 is 28.9 Å². The van der Waals surface area contributed by atoms with Gasteiger partial charge in [0.05, 0.1) is 5.57 Å². The maximum Gasteiger partial charge on any atom is 0.255 e. The second-order valence-electron chi connectivity index (χ2n) is 6.83. The lowest BCUT2D eigenvalue weighted by Crippen LogP contribution is -2.31. The Kier molecular flexibility index (Phi) is 4.31. The van der Waals surface area contributed by atoms with Crippen LogP contribution in [0, 0.1) is 20.8 Å². The molecule has 0 fully saturated rings. The predicted octanol–water partition coefficient (Wildman–Crippen LogP) is 4.19. The summed E-state index contributed by atoms with van der Waals surface area (Å²) in [4.78, 5) is 18.7. The van der Waals surface area contributed by atoms with Crippen molar-refractivity contribution in [3.05, 3.63) is 68.8 Å². The summed E-state index contributed by atoms with van der Waals surface area (Å²) >= 11 is 1.63. The Morgan fingerprint density at radius 3 is 2.70 bits per heavy atom. The standard InChI is InChI=1S/C20H21N5OS/c1-11-5-6-15(13(3)9-11)24-19(26)16-14(4)23-20-21-10-22-25(20)17(16)18-12(2)7-8-27-18/h5-10,17H,1-4H3,(H,24,26)(H,21,22,23). The fraction of sp³-hybridized carbons (Fsp3) is 0.250. The van der Waals surface area contributed by atoms with Gasteiger partial charge in [0, 0.05) is 16.3 Å². The highest BCUT2D eigenvalue weighted by Crippen LogP contribution is 2.38. The number of thiophene rings is 1. The molecule has 1 aromatic carbocycles. The molecule has 7 heteroatoms. The van der Waals surface area contributed by atoms with Crippen LogP contribution >= 0.6 is 11.3 Å². The van der Waals surface area contributed by atoms with Crippen molar-refractivity contribution in [1.29, 1.82) is 0 Å². The van der Waals surface area contributed by atoms with Crippen molar-refractivity contribution in [1.82, 2.24) is 14.8 Å². The SMILES string of the molecule is CC1=C(C(=O)Nc2ccc(C)cc2C)C(c2sccc2C)n2ncnc2N1. The van der Waals surface area contributed by atoms with Crippen molar-refractivity contribution in [2.24, 2.45) is 0 Å². The van der Waals surface area contributed by atoms with Gasteiger partial charge in [0.25, 0.3) is 5.91 Å². The van der Waals surface area contributed by atoms with E-state index >= 15 is 0 Å². The second kappa shape index (κ2) is 6.66. The third-order valence-corrected chi connectivity index (χ3v) is 5.89. The first kappa shape index (κ1) is 17.5. The lowest BCUT2D eigenvalue weighted by Gasteiger charge is -2.28. The van der Waals surface area contributed by atoms with Crippen LogP contribution in [0.4, 0.5) is 11.6 Å². The molecule has 1 unspecified atom stereocenters. The van der Waals surface area contributed by atoms with Gasteiger partial charge in [0.1, 0.15) is 12.4 Å². The number of hydrogen-bond donors (Lipinski definition) is 2. The zero-order chi connectivity index (χ0) is 19.1. The van der Waals surface area contributed by atoms with Gasteiger partial charge in [-0.15, -0.1) is 11.3 Å². The Balaban J connectivity index is 1.77. The van der Waals surface area contributed by atoms with Gasteiger partial charge in [-0.2, -0.15) is 10.1 Å². The first-order valence-electron chi connectivity index (χ1n) is 8.75. The van der Waals surface area contributed by atoms with Crippen LogP contribution in [0.3, 0.4) is 0 Å². The van der Waals surface area contributed by atoms with E-state index in [0.717, 1.165) is 27.4 Å². The van der Waals surface area contributed by atoms with Crippen molar-refractivity contribution in [2.75, 3.05) is 10.6 Å². The summed E-state index contributed by atoms with van der Waals surface area (Å²) < 4.78 is 1.78. The molecule has 0 spiro atoms. The number of carbonyl (C=O) groups excluding carboxylic acids is 1. The number of rotatable bonds is 3.